The summed E-state index contributed by atoms with van der Waals surface area (Å²) in [5.74, 6) is 0.844. The van der Waals surface area contributed by atoms with E-state index < -0.39 is 6.10 Å². The first kappa shape index (κ1) is 14.3. The van der Waals surface area contributed by atoms with Crippen LogP contribution in [0.2, 0.25) is 0 Å². The zero-order valence-electron chi connectivity index (χ0n) is 11.1. The van der Waals surface area contributed by atoms with Crippen molar-refractivity contribution in [2.45, 2.75) is 26.0 Å². The summed E-state index contributed by atoms with van der Waals surface area (Å²) in [6, 6.07) is 9.83. The minimum atomic E-state index is -0.517. The summed E-state index contributed by atoms with van der Waals surface area (Å²) in [6.45, 7) is 4.52. The highest BCUT2D eigenvalue weighted by Gasteiger charge is 2.14. The van der Waals surface area contributed by atoms with Gasteiger partial charge in [0.1, 0.15) is 5.76 Å². The highest BCUT2D eigenvalue weighted by molar-refractivity contribution is 9.10. The van der Waals surface area contributed by atoms with Gasteiger partial charge >= 0.3 is 0 Å². The van der Waals surface area contributed by atoms with E-state index in [1.54, 1.807) is 6.26 Å². The van der Waals surface area contributed by atoms with Crippen LogP contribution in [0.5, 0.6) is 0 Å². The van der Waals surface area contributed by atoms with Crippen molar-refractivity contribution in [2.75, 3.05) is 6.54 Å². The van der Waals surface area contributed by atoms with Crippen molar-refractivity contribution < 1.29 is 9.52 Å². The Morgan fingerprint density at radius 1 is 1.26 bits per heavy atom. The van der Waals surface area contributed by atoms with Crippen LogP contribution in [0, 0.1) is 6.92 Å². The number of furan rings is 1. The monoisotopic (exact) mass is 323 g/mol. The summed E-state index contributed by atoms with van der Waals surface area (Å²) in [6.07, 6.45) is 1.13. The van der Waals surface area contributed by atoms with E-state index in [4.69, 9.17) is 4.42 Å². The third-order valence-electron chi connectivity index (χ3n) is 3.12. The molecule has 0 aliphatic carbocycles. The molecule has 102 valence electrons. The highest BCUT2D eigenvalue weighted by Crippen LogP contribution is 2.24. The Hall–Kier alpha value is -1.10. The van der Waals surface area contributed by atoms with Crippen LogP contribution in [-0.2, 0) is 0 Å². The number of aryl methyl sites for hydroxylation is 1. The maximum absolute atomic E-state index is 10.1. The Labute approximate surface area is 121 Å². The van der Waals surface area contributed by atoms with Gasteiger partial charge in [-0.1, -0.05) is 29.8 Å². The van der Waals surface area contributed by atoms with Crippen molar-refractivity contribution in [2.24, 2.45) is 0 Å². The lowest BCUT2D eigenvalue weighted by Crippen LogP contribution is -2.24. The van der Waals surface area contributed by atoms with Crippen molar-refractivity contribution in [1.29, 1.82) is 0 Å². The van der Waals surface area contributed by atoms with Gasteiger partial charge in [0, 0.05) is 6.54 Å². The topological polar surface area (TPSA) is 45.4 Å². The number of hydrogen-bond donors (Lipinski definition) is 2. The van der Waals surface area contributed by atoms with Crippen molar-refractivity contribution >= 4 is 15.9 Å². The van der Waals surface area contributed by atoms with Gasteiger partial charge in [-0.2, -0.15) is 0 Å². The number of aliphatic hydroxyl groups excluding tert-OH is 1. The molecule has 3 nitrogen and oxygen atoms in total. The second-order valence-electron chi connectivity index (χ2n) is 4.69. The normalized spacial score (nSPS) is 14.3. The van der Waals surface area contributed by atoms with E-state index in [0.29, 0.717) is 6.54 Å². The molecule has 0 amide bonds. The molecule has 1 heterocycles. The molecular weight excluding hydrogens is 306 g/mol. The fourth-order valence-corrected chi connectivity index (χ4v) is 2.45. The summed E-state index contributed by atoms with van der Waals surface area (Å²) in [5.41, 5.74) is 2.11. The first-order valence-electron chi connectivity index (χ1n) is 6.29. The van der Waals surface area contributed by atoms with Crippen molar-refractivity contribution in [3.8, 4) is 0 Å². The number of nitrogens with one attached hydrogen (secondary N) is 1. The maximum atomic E-state index is 10.1. The third-order valence-corrected chi connectivity index (χ3v) is 3.77. The maximum Gasteiger partial charge on any atom is 0.134 e. The molecule has 0 aliphatic rings. The molecule has 19 heavy (non-hydrogen) atoms. The average molecular weight is 324 g/mol. The van der Waals surface area contributed by atoms with E-state index >= 15 is 0 Å². The van der Waals surface area contributed by atoms with Crippen LogP contribution in [0.25, 0.3) is 0 Å². The number of aliphatic hydroxyl groups is 1. The molecule has 2 atom stereocenters. The minimum Gasteiger partial charge on any atom is -0.466 e. The largest absolute Gasteiger partial charge is 0.466 e. The van der Waals surface area contributed by atoms with Gasteiger partial charge in [-0.25, -0.2) is 0 Å². The van der Waals surface area contributed by atoms with Gasteiger partial charge in [0.05, 0.1) is 22.9 Å². The fourth-order valence-electron chi connectivity index (χ4n) is 1.90. The summed E-state index contributed by atoms with van der Waals surface area (Å²) in [5, 5.41) is 13.4. The Balaban J connectivity index is 1.91. The van der Waals surface area contributed by atoms with E-state index in [1.165, 1.54) is 5.56 Å². The standard InChI is InChI=1S/C15H18BrNO2/c1-10-3-5-12(6-4-10)14(18)9-17-11(2)15-13(16)7-8-19-15/h3-8,11,14,17-18H,9H2,1-2H3. The van der Waals surface area contributed by atoms with Gasteiger partial charge in [-0.05, 0) is 41.4 Å². The van der Waals surface area contributed by atoms with Crippen LogP contribution >= 0.6 is 15.9 Å². The van der Waals surface area contributed by atoms with Crippen LogP contribution in [0.1, 0.15) is 36.0 Å². The van der Waals surface area contributed by atoms with E-state index in [2.05, 4.69) is 21.2 Å². The predicted octanol–water partition coefficient (Wildman–Crippen LogP) is 3.73. The number of halogens is 1. The molecule has 0 saturated heterocycles. The SMILES string of the molecule is Cc1ccc(C(O)CNC(C)c2occc2Br)cc1. The van der Waals surface area contributed by atoms with E-state index in [-0.39, 0.29) is 6.04 Å². The van der Waals surface area contributed by atoms with Gasteiger partial charge < -0.3 is 14.8 Å². The van der Waals surface area contributed by atoms with Gasteiger partial charge in [-0.15, -0.1) is 0 Å². The van der Waals surface area contributed by atoms with Crippen LogP contribution in [0.3, 0.4) is 0 Å². The summed E-state index contributed by atoms with van der Waals surface area (Å²) in [4.78, 5) is 0. The lowest BCUT2D eigenvalue weighted by Gasteiger charge is -2.16. The lowest BCUT2D eigenvalue weighted by atomic mass is 10.1. The van der Waals surface area contributed by atoms with Gasteiger partial charge in [-0.3, -0.25) is 0 Å². The molecule has 2 unspecified atom stereocenters. The summed E-state index contributed by atoms with van der Waals surface area (Å²) in [7, 11) is 0. The average Bonchev–Trinajstić information content (AvgIpc) is 2.83. The quantitative estimate of drug-likeness (QED) is 0.881. The first-order valence-corrected chi connectivity index (χ1v) is 7.08. The van der Waals surface area contributed by atoms with Crippen molar-refractivity contribution in [3.63, 3.8) is 0 Å². The molecule has 0 fully saturated rings. The fraction of sp³-hybridized carbons (Fsp3) is 0.333. The molecule has 0 saturated carbocycles. The van der Waals surface area contributed by atoms with Crippen molar-refractivity contribution in [3.05, 3.63) is 58.0 Å². The van der Waals surface area contributed by atoms with Crippen molar-refractivity contribution in [1.82, 2.24) is 5.32 Å². The Bertz CT molecular complexity index is 521. The molecule has 0 radical (unpaired) electrons. The Morgan fingerprint density at radius 3 is 2.53 bits per heavy atom. The molecule has 0 spiro atoms. The molecule has 2 rings (SSSR count). The van der Waals surface area contributed by atoms with Gasteiger partial charge in [0.15, 0.2) is 0 Å². The molecule has 2 N–H and O–H groups in total. The molecule has 0 bridgehead atoms. The molecule has 4 heteroatoms. The summed E-state index contributed by atoms with van der Waals surface area (Å²) < 4.78 is 6.33. The zero-order valence-corrected chi connectivity index (χ0v) is 12.6. The lowest BCUT2D eigenvalue weighted by molar-refractivity contribution is 0.169. The van der Waals surface area contributed by atoms with Crippen LogP contribution in [0.15, 0.2) is 45.5 Å². The zero-order chi connectivity index (χ0) is 13.8. The smallest absolute Gasteiger partial charge is 0.134 e. The van der Waals surface area contributed by atoms with Gasteiger partial charge in [0.25, 0.3) is 0 Å². The Morgan fingerprint density at radius 2 is 1.95 bits per heavy atom. The minimum absolute atomic E-state index is 0.0458. The highest BCUT2D eigenvalue weighted by atomic mass is 79.9. The Kier molecular flexibility index (Phi) is 4.80. The second kappa shape index (κ2) is 6.37. The first-order chi connectivity index (χ1) is 9.08. The molecule has 0 aliphatic heterocycles. The third kappa shape index (κ3) is 3.69. The molecule has 1 aromatic heterocycles. The molecule has 1 aromatic carbocycles. The second-order valence-corrected chi connectivity index (χ2v) is 5.54. The summed E-state index contributed by atoms with van der Waals surface area (Å²) >= 11 is 3.43. The number of hydrogen-bond acceptors (Lipinski definition) is 3. The van der Waals surface area contributed by atoms with Gasteiger partial charge in [0.2, 0.25) is 0 Å². The van der Waals surface area contributed by atoms with E-state index in [1.807, 2.05) is 44.2 Å². The van der Waals surface area contributed by atoms with E-state index in [9.17, 15) is 5.11 Å². The van der Waals surface area contributed by atoms with Crippen LogP contribution in [0.4, 0.5) is 0 Å². The predicted molar refractivity (Wildman–Crippen MR) is 79.0 cm³/mol. The number of rotatable bonds is 5. The van der Waals surface area contributed by atoms with Crippen LogP contribution in [-0.4, -0.2) is 11.7 Å². The number of benzene rings is 1. The molecule has 2 aromatic rings. The van der Waals surface area contributed by atoms with E-state index in [0.717, 1.165) is 15.8 Å². The molecular formula is C15H18BrNO2. The van der Waals surface area contributed by atoms with Crippen LogP contribution < -0.4 is 5.32 Å².